The summed E-state index contributed by atoms with van der Waals surface area (Å²) >= 11 is 0. The van der Waals surface area contributed by atoms with Gasteiger partial charge in [0.1, 0.15) is 0 Å². The van der Waals surface area contributed by atoms with Crippen molar-refractivity contribution < 1.29 is 0 Å². The predicted octanol–water partition coefficient (Wildman–Crippen LogP) is 14.4. The summed E-state index contributed by atoms with van der Waals surface area (Å²) in [6.45, 7) is 0. The van der Waals surface area contributed by atoms with Gasteiger partial charge in [-0.25, -0.2) is 15.0 Å². The third-order valence-corrected chi connectivity index (χ3v) is 12.5. The first-order valence-corrected chi connectivity index (χ1v) is 21.1. The van der Waals surface area contributed by atoms with Crippen LogP contribution in [0.4, 0.5) is 17.1 Å². The van der Waals surface area contributed by atoms with Crippen LogP contribution >= 0.6 is 0 Å². The summed E-state index contributed by atoms with van der Waals surface area (Å²) in [7, 11) is 0. The van der Waals surface area contributed by atoms with Gasteiger partial charge in [0.05, 0.1) is 16.8 Å². The zero-order valence-electron chi connectivity index (χ0n) is 33.7. The lowest BCUT2D eigenvalue weighted by molar-refractivity contribution is 0.753. The maximum Gasteiger partial charge on any atom is 0.164 e. The van der Waals surface area contributed by atoms with Crippen LogP contribution in [0.1, 0.15) is 22.3 Å². The first-order chi connectivity index (χ1) is 30.7. The molecule has 10 aromatic rings. The summed E-state index contributed by atoms with van der Waals surface area (Å²) in [6, 6.07) is 82.5. The van der Waals surface area contributed by atoms with Gasteiger partial charge in [-0.1, -0.05) is 194 Å². The number of hydrogen-bond donors (Lipinski definition) is 0. The Bertz CT molecular complexity index is 3190. The number of aromatic nitrogens is 3. The van der Waals surface area contributed by atoms with Gasteiger partial charge in [-0.05, 0) is 92.0 Å². The van der Waals surface area contributed by atoms with Gasteiger partial charge in [0, 0.05) is 22.4 Å². The zero-order valence-corrected chi connectivity index (χ0v) is 33.7. The molecule has 0 unspecified atom stereocenters. The molecule has 9 aromatic carbocycles. The number of para-hydroxylation sites is 2. The predicted molar refractivity (Wildman–Crippen MR) is 253 cm³/mol. The minimum Gasteiger partial charge on any atom is -0.310 e. The Morgan fingerprint density at radius 2 is 0.677 bits per heavy atom. The SMILES string of the molecule is c1ccc(-c2nc(-c3ccccc3)nc(-c3ccc(-c4cccc(-c5ccc6c(c5)C5(c7ccccc7-c7ccccc75)c5ccccc5N6c5ccccc5)c4)cc3)n2)cc1. The third kappa shape index (κ3) is 5.65. The van der Waals surface area contributed by atoms with Crippen LogP contribution in [0.5, 0.6) is 0 Å². The van der Waals surface area contributed by atoms with Crippen LogP contribution in [0.2, 0.25) is 0 Å². The van der Waals surface area contributed by atoms with E-state index in [4.69, 9.17) is 15.0 Å². The van der Waals surface area contributed by atoms with Crippen molar-refractivity contribution in [3.05, 3.63) is 253 Å². The first-order valence-electron chi connectivity index (χ1n) is 21.1. The summed E-state index contributed by atoms with van der Waals surface area (Å²) in [4.78, 5) is 17.2. The van der Waals surface area contributed by atoms with Crippen molar-refractivity contribution in [3.63, 3.8) is 0 Å². The molecule has 0 saturated heterocycles. The summed E-state index contributed by atoms with van der Waals surface area (Å²) in [6.07, 6.45) is 0. The molecule has 2 aliphatic rings. The molecule has 1 spiro atoms. The summed E-state index contributed by atoms with van der Waals surface area (Å²) in [5.74, 6) is 1.94. The third-order valence-electron chi connectivity index (χ3n) is 12.5. The van der Waals surface area contributed by atoms with E-state index in [0.29, 0.717) is 17.5 Å². The van der Waals surface area contributed by atoms with E-state index >= 15 is 0 Å². The average molecular weight is 791 g/mol. The Morgan fingerprint density at radius 3 is 1.27 bits per heavy atom. The van der Waals surface area contributed by atoms with Gasteiger partial charge in [0.2, 0.25) is 0 Å². The molecule has 0 amide bonds. The molecular formula is C58H38N4. The second kappa shape index (κ2) is 14.5. The topological polar surface area (TPSA) is 41.9 Å². The van der Waals surface area contributed by atoms with Crippen molar-refractivity contribution >= 4 is 17.1 Å². The van der Waals surface area contributed by atoms with Crippen molar-refractivity contribution in [2.45, 2.75) is 5.41 Å². The highest BCUT2D eigenvalue weighted by atomic mass is 15.2. The van der Waals surface area contributed by atoms with E-state index < -0.39 is 5.41 Å². The van der Waals surface area contributed by atoms with Crippen molar-refractivity contribution in [2.75, 3.05) is 4.90 Å². The van der Waals surface area contributed by atoms with Gasteiger partial charge in [-0.2, -0.15) is 0 Å². The van der Waals surface area contributed by atoms with E-state index in [1.54, 1.807) is 0 Å². The molecular weight excluding hydrogens is 753 g/mol. The fourth-order valence-electron chi connectivity index (χ4n) is 9.77. The Balaban J connectivity index is 0.977. The Morgan fingerprint density at radius 1 is 0.274 bits per heavy atom. The molecule has 0 saturated carbocycles. The number of anilines is 3. The number of rotatable bonds is 6. The molecule has 1 aromatic heterocycles. The number of fused-ring (bicyclic) bond motifs is 9. The lowest BCUT2D eigenvalue weighted by Crippen LogP contribution is -2.36. The smallest absolute Gasteiger partial charge is 0.164 e. The summed E-state index contributed by atoms with van der Waals surface area (Å²) in [5, 5.41) is 0. The van der Waals surface area contributed by atoms with E-state index in [-0.39, 0.29) is 0 Å². The molecule has 0 N–H and O–H groups in total. The maximum atomic E-state index is 4.96. The van der Waals surface area contributed by atoms with Gasteiger partial charge in [0.15, 0.2) is 17.5 Å². The van der Waals surface area contributed by atoms with Gasteiger partial charge in [-0.3, -0.25) is 0 Å². The molecule has 0 atom stereocenters. The van der Waals surface area contributed by atoms with Crippen LogP contribution in [0.25, 0.3) is 67.5 Å². The Labute approximate surface area is 361 Å². The first kappa shape index (κ1) is 35.7. The zero-order chi connectivity index (χ0) is 41.0. The fraction of sp³-hybridized carbons (Fsp3) is 0.0172. The van der Waals surface area contributed by atoms with Gasteiger partial charge in [0.25, 0.3) is 0 Å². The van der Waals surface area contributed by atoms with E-state index in [9.17, 15) is 0 Å². The number of benzene rings is 9. The van der Waals surface area contributed by atoms with Crippen LogP contribution in [-0.2, 0) is 5.41 Å². The lowest BCUT2D eigenvalue weighted by Gasteiger charge is -2.45. The van der Waals surface area contributed by atoms with Crippen molar-refractivity contribution in [3.8, 4) is 67.5 Å². The highest BCUT2D eigenvalue weighted by Crippen LogP contribution is 2.63. The highest BCUT2D eigenvalue weighted by Gasteiger charge is 2.51. The standard InChI is InChI=1S/C58H38N4/c1-4-17-40(18-5-1)55-59-56(41-19-6-2-7-20-41)61-57(60-55)42-33-31-39(32-34-42)43-21-16-22-44(37-43)45-35-36-54-52(38-45)58(49-27-12-10-25-47(49)48-26-11-13-28-50(48)58)51-29-14-15-30-53(51)62(54)46-23-8-3-9-24-46/h1-38H. The summed E-state index contributed by atoms with van der Waals surface area (Å²) < 4.78 is 0. The molecule has 0 fully saturated rings. The highest BCUT2D eigenvalue weighted by molar-refractivity contribution is 5.96. The largest absolute Gasteiger partial charge is 0.310 e. The van der Waals surface area contributed by atoms with E-state index in [2.05, 4.69) is 175 Å². The monoisotopic (exact) mass is 790 g/mol. The molecule has 12 rings (SSSR count). The molecule has 290 valence electrons. The van der Waals surface area contributed by atoms with Gasteiger partial charge >= 0.3 is 0 Å². The maximum absolute atomic E-state index is 4.96. The second-order valence-electron chi connectivity index (χ2n) is 16.0. The Kier molecular flexibility index (Phi) is 8.36. The van der Waals surface area contributed by atoms with Crippen LogP contribution in [0.3, 0.4) is 0 Å². The van der Waals surface area contributed by atoms with Crippen LogP contribution in [0.15, 0.2) is 231 Å². The molecule has 4 nitrogen and oxygen atoms in total. The van der Waals surface area contributed by atoms with Crippen molar-refractivity contribution in [2.24, 2.45) is 0 Å². The summed E-state index contributed by atoms with van der Waals surface area (Å²) in [5.41, 5.74) is 18.2. The molecule has 62 heavy (non-hydrogen) atoms. The molecule has 1 aliphatic heterocycles. The minimum absolute atomic E-state index is 0.510. The molecule has 0 radical (unpaired) electrons. The normalized spacial score (nSPS) is 12.9. The Hall–Kier alpha value is -8.21. The average Bonchev–Trinajstić information content (AvgIpc) is 3.65. The second-order valence-corrected chi connectivity index (χ2v) is 16.0. The molecule has 0 bridgehead atoms. The van der Waals surface area contributed by atoms with Gasteiger partial charge in [-0.15, -0.1) is 0 Å². The van der Waals surface area contributed by atoms with Crippen LogP contribution in [-0.4, -0.2) is 15.0 Å². The number of hydrogen-bond acceptors (Lipinski definition) is 4. The van der Waals surface area contributed by atoms with Crippen LogP contribution in [0, 0.1) is 0 Å². The van der Waals surface area contributed by atoms with E-state index in [1.807, 2.05) is 60.7 Å². The van der Waals surface area contributed by atoms with E-state index in [1.165, 1.54) is 50.3 Å². The number of nitrogens with zero attached hydrogens (tertiary/aromatic N) is 4. The molecule has 4 heteroatoms. The van der Waals surface area contributed by atoms with Crippen molar-refractivity contribution in [1.82, 2.24) is 15.0 Å². The fourth-order valence-corrected chi connectivity index (χ4v) is 9.77. The molecule has 2 heterocycles. The molecule has 1 aliphatic carbocycles. The van der Waals surface area contributed by atoms with E-state index in [0.717, 1.165) is 39.1 Å². The quantitative estimate of drug-likeness (QED) is 0.168. The lowest BCUT2D eigenvalue weighted by atomic mass is 9.64. The minimum atomic E-state index is -0.510. The van der Waals surface area contributed by atoms with Crippen molar-refractivity contribution in [1.29, 1.82) is 0 Å². The van der Waals surface area contributed by atoms with Gasteiger partial charge < -0.3 is 4.90 Å². The van der Waals surface area contributed by atoms with Crippen LogP contribution < -0.4 is 4.90 Å².